The summed E-state index contributed by atoms with van der Waals surface area (Å²) in [4.78, 5) is 0. The molecule has 0 radical (unpaired) electrons. The van der Waals surface area contributed by atoms with Crippen LogP contribution in [0.1, 0.15) is 11.1 Å². The van der Waals surface area contributed by atoms with E-state index in [1.807, 2.05) is 37.6 Å². The van der Waals surface area contributed by atoms with Gasteiger partial charge in [-0.2, -0.15) is 5.10 Å². The smallest absolute Gasteiger partial charge is 0.123 e. The van der Waals surface area contributed by atoms with Crippen LogP contribution in [0.15, 0.2) is 30.6 Å². The van der Waals surface area contributed by atoms with Crippen LogP contribution < -0.4 is 4.74 Å². The number of alkyl halides is 1. The molecule has 2 rings (SSSR count). The average Bonchev–Trinajstić information content (AvgIpc) is 2.77. The van der Waals surface area contributed by atoms with Gasteiger partial charge in [0.1, 0.15) is 5.75 Å². The van der Waals surface area contributed by atoms with Crippen LogP contribution in [0.25, 0.3) is 0 Å². The maximum absolute atomic E-state index is 5.94. The van der Waals surface area contributed by atoms with Crippen LogP contribution in [-0.2, 0) is 18.8 Å². The molecule has 2 aromatic rings. The van der Waals surface area contributed by atoms with Crippen molar-refractivity contribution in [2.75, 3.05) is 6.61 Å². The van der Waals surface area contributed by atoms with Crippen LogP contribution in [0.5, 0.6) is 5.75 Å². The highest BCUT2D eigenvalue weighted by Gasteiger charge is 2.04. The van der Waals surface area contributed by atoms with Gasteiger partial charge in [-0.1, -0.05) is 27.5 Å². The largest absolute Gasteiger partial charge is 0.493 e. The van der Waals surface area contributed by atoms with Crippen molar-refractivity contribution in [1.29, 1.82) is 0 Å². The van der Waals surface area contributed by atoms with Gasteiger partial charge in [0.2, 0.25) is 0 Å². The highest BCUT2D eigenvalue weighted by molar-refractivity contribution is 9.08. The number of hydrogen-bond donors (Lipinski definition) is 0. The summed E-state index contributed by atoms with van der Waals surface area (Å²) in [5, 5.41) is 5.58. The molecular weight excluding hydrogens is 316 g/mol. The normalized spacial score (nSPS) is 10.6. The van der Waals surface area contributed by atoms with Gasteiger partial charge in [0.05, 0.1) is 12.8 Å². The maximum Gasteiger partial charge on any atom is 0.123 e. The first-order valence-electron chi connectivity index (χ1n) is 5.64. The maximum atomic E-state index is 5.94. The summed E-state index contributed by atoms with van der Waals surface area (Å²) < 4.78 is 7.56. The van der Waals surface area contributed by atoms with E-state index in [0.717, 1.165) is 28.1 Å². The van der Waals surface area contributed by atoms with Gasteiger partial charge >= 0.3 is 0 Å². The minimum atomic E-state index is 0.632. The first-order valence-corrected chi connectivity index (χ1v) is 7.13. The zero-order chi connectivity index (χ0) is 13.0. The molecule has 0 aliphatic carbocycles. The van der Waals surface area contributed by atoms with Crippen LogP contribution in [0.2, 0.25) is 5.02 Å². The molecule has 0 N–H and O–H groups in total. The first-order chi connectivity index (χ1) is 8.69. The molecule has 96 valence electrons. The summed E-state index contributed by atoms with van der Waals surface area (Å²) in [6, 6.07) is 5.66. The average molecular weight is 330 g/mol. The second kappa shape index (κ2) is 6.25. The van der Waals surface area contributed by atoms with Crippen molar-refractivity contribution in [3.8, 4) is 5.75 Å². The highest BCUT2D eigenvalue weighted by atomic mass is 79.9. The lowest BCUT2D eigenvalue weighted by molar-refractivity contribution is 0.319. The Morgan fingerprint density at radius 2 is 2.28 bits per heavy atom. The van der Waals surface area contributed by atoms with Crippen LogP contribution in [0.3, 0.4) is 0 Å². The zero-order valence-electron chi connectivity index (χ0n) is 10.1. The molecule has 0 bridgehead atoms. The fraction of sp³-hybridized carbons (Fsp3) is 0.308. The van der Waals surface area contributed by atoms with Gasteiger partial charge in [0.15, 0.2) is 0 Å². The summed E-state index contributed by atoms with van der Waals surface area (Å²) in [7, 11) is 1.91. The van der Waals surface area contributed by atoms with E-state index in [2.05, 4.69) is 21.0 Å². The summed E-state index contributed by atoms with van der Waals surface area (Å²) in [5.41, 5.74) is 2.24. The lowest BCUT2D eigenvalue weighted by Crippen LogP contribution is -2.02. The second-order valence-corrected chi connectivity index (χ2v) is 5.00. The van der Waals surface area contributed by atoms with Crippen molar-refractivity contribution in [1.82, 2.24) is 9.78 Å². The molecule has 5 heteroatoms. The third-order valence-electron chi connectivity index (χ3n) is 2.57. The lowest BCUT2D eigenvalue weighted by Gasteiger charge is -2.09. The Balaban J connectivity index is 1.94. The van der Waals surface area contributed by atoms with Crippen LogP contribution >= 0.6 is 27.5 Å². The zero-order valence-corrected chi connectivity index (χ0v) is 12.4. The standard InChI is InChI=1S/C13H14BrClN2O/c1-17-9-10(8-16-17)4-5-18-13-3-2-12(15)6-11(13)7-14/h2-3,6,8-9H,4-5,7H2,1H3. The third-order valence-corrected chi connectivity index (χ3v) is 3.41. The van der Waals surface area contributed by atoms with Crippen molar-refractivity contribution in [2.45, 2.75) is 11.8 Å². The van der Waals surface area contributed by atoms with E-state index in [9.17, 15) is 0 Å². The van der Waals surface area contributed by atoms with Crippen molar-refractivity contribution in [2.24, 2.45) is 7.05 Å². The summed E-state index contributed by atoms with van der Waals surface area (Å²) >= 11 is 9.37. The molecule has 3 nitrogen and oxygen atoms in total. The van der Waals surface area contributed by atoms with Gasteiger partial charge in [-0.15, -0.1) is 0 Å². The monoisotopic (exact) mass is 328 g/mol. The SMILES string of the molecule is Cn1cc(CCOc2ccc(Cl)cc2CBr)cn1. The molecule has 0 aliphatic heterocycles. The van der Waals surface area contributed by atoms with Gasteiger partial charge in [0, 0.05) is 35.6 Å². The summed E-state index contributed by atoms with van der Waals surface area (Å²) in [6.07, 6.45) is 4.70. The molecule has 0 saturated heterocycles. The molecule has 0 fully saturated rings. The topological polar surface area (TPSA) is 27.1 Å². The second-order valence-electron chi connectivity index (χ2n) is 4.01. The fourth-order valence-electron chi connectivity index (χ4n) is 1.67. The van der Waals surface area contributed by atoms with Crippen molar-refractivity contribution in [3.63, 3.8) is 0 Å². The number of benzene rings is 1. The highest BCUT2D eigenvalue weighted by Crippen LogP contribution is 2.25. The first kappa shape index (κ1) is 13.4. The number of aromatic nitrogens is 2. The third kappa shape index (κ3) is 3.50. The fourth-order valence-corrected chi connectivity index (χ4v) is 2.31. The molecule has 18 heavy (non-hydrogen) atoms. The van der Waals surface area contributed by atoms with E-state index < -0.39 is 0 Å². The van der Waals surface area contributed by atoms with Gasteiger partial charge in [-0.05, 0) is 23.8 Å². The van der Waals surface area contributed by atoms with Gasteiger partial charge in [-0.25, -0.2) is 0 Å². The van der Waals surface area contributed by atoms with E-state index in [4.69, 9.17) is 16.3 Å². The van der Waals surface area contributed by atoms with E-state index in [1.54, 1.807) is 4.68 Å². The molecular formula is C13H14BrClN2O. The Hall–Kier alpha value is -1.00. The quantitative estimate of drug-likeness (QED) is 0.784. The Morgan fingerprint density at radius 3 is 2.94 bits per heavy atom. The van der Waals surface area contributed by atoms with Crippen LogP contribution in [0.4, 0.5) is 0 Å². The number of nitrogens with zero attached hydrogens (tertiary/aromatic N) is 2. The predicted octanol–water partition coefficient (Wildman–Crippen LogP) is 3.59. The Kier molecular flexibility index (Phi) is 4.66. The van der Waals surface area contributed by atoms with E-state index in [0.29, 0.717) is 6.61 Å². The molecule has 0 unspecified atom stereocenters. The number of rotatable bonds is 5. The molecule has 0 saturated carbocycles. The molecule has 0 amide bonds. The number of ether oxygens (including phenoxy) is 1. The Labute approximate surface area is 120 Å². The minimum Gasteiger partial charge on any atom is -0.493 e. The molecule has 1 aromatic carbocycles. The Morgan fingerprint density at radius 1 is 1.44 bits per heavy atom. The van der Waals surface area contributed by atoms with Gasteiger partial charge in [0.25, 0.3) is 0 Å². The van der Waals surface area contributed by atoms with E-state index in [-0.39, 0.29) is 0 Å². The van der Waals surface area contributed by atoms with E-state index in [1.165, 1.54) is 5.56 Å². The lowest BCUT2D eigenvalue weighted by atomic mass is 10.2. The number of halogens is 2. The van der Waals surface area contributed by atoms with Crippen molar-refractivity contribution < 1.29 is 4.74 Å². The number of hydrogen-bond acceptors (Lipinski definition) is 2. The molecule has 0 spiro atoms. The predicted molar refractivity (Wildman–Crippen MR) is 76.5 cm³/mol. The van der Waals surface area contributed by atoms with Crippen molar-refractivity contribution >= 4 is 27.5 Å². The molecule has 1 aromatic heterocycles. The van der Waals surface area contributed by atoms with Crippen LogP contribution in [-0.4, -0.2) is 16.4 Å². The Bertz CT molecular complexity index is 527. The van der Waals surface area contributed by atoms with E-state index >= 15 is 0 Å². The van der Waals surface area contributed by atoms with Gasteiger partial charge in [-0.3, -0.25) is 4.68 Å². The van der Waals surface area contributed by atoms with Crippen LogP contribution in [0, 0.1) is 0 Å². The van der Waals surface area contributed by atoms with Gasteiger partial charge < -0.3 is 4.74 Å². The molecule has 0 aliphatic rings. The molecule has 1 heterocycles. The molecule has 0 atom stereocenters. The number of aryl methyl sites for hydroxylation is 1. The van der Waals surface area contributed by atoms with Crippen molar-refractivity contribution in [3.05, 3.63) is 46.7 Å². The summed E-state index contributed by atoms with van der Waals surface area (Å²) in [5.74, 6) is 0.875. The summed E-state index contributed by atoms with van der Waals surface area (Å²) in [6.45, 7) is 0.632. The minimum absolute atomic E-state index is 0.632.